The van der Waals surface area contributed by atoms with Crippen molar-refractivity contribution in [1.82, 2.24) is 4.90 Å². The van der Waals surface area contributed by atoms with Crippen LogP contribution in [0.5, 0.6) is 5.75 Å². The highest BCUT2D eigenvalue weighted by Gasteiger charge is 2.43. The van der Waals surface area contributed by atoms with Gasteiger partial charge in [-0.25, -0.2) is 4.90 Å². The number of halogens is 1. The number of nitrogens with zero attached hydrogens (tertiary/aromatic N) is 2. The van der Waals surface area contributed by atoms with E-state index in [-0.39, 0.29) is 11.8 Å². The van der Waals surface area contributed by atoms with Crippen LogP contribution in [-0.2, 0) is 9.59 Å². The number of amides is 2. The molecule has 4 rings (SSSR count). The van der Waals surface area contributed by atoms with E-state index in [0.717, 1.165) is 37.2 Å². The highest BCUT2D eigenvalue weighted by Crippen LogP contribution is 2.37. The molecule has 1 fully saturated rings. The zero-order valence-electron chi connectivity index (χ0n) is 18.8. The minimum Gasteiger partial charge on any atom is -0.493 e. The Morgan fingerprint density at radius 3 is 2.34 bits per heavy atom. The number of hydrogen-bond donors (Lipinski definition) is 0. The second-order valence-electron chi connectivity index (χ2n) is 9.07. The van der Waals surface area contributed by atoms with Crippen molar-refractivity contribution in [3.63, 3.8) is 0 Å². The molecule has 2 aromatic carbocycles. The molecule has 2 aromatic rings. The van der Waals surface area contributed by atoms with Crippen molar-refractivity contribution in [2.24, 2.45) is 11.8 Å². The van der Waals surface area contributed by atoms with Gasteiger partial charge in [0.2, 0.25) is 0 Å². The van der Waals surface area contributed by atoms with Crippen LogP contribution in [0.4, 0.5) is 5.69 Å². The maximum Gasteiger partial charge on any atom is 0.282 e. The Morgan fingerprint density at radius 1 is 1.03 bits per heavy atom. The third kappa shape index (κ3) is 4.53. The number of imide groups is 1. The van der Waals surface area contributed by atoms with Crippen molar-refractivity contribution in [3.8, 4) is 5.75 Å². The Hall–Kier alpha value is -2.79. The SMILES string of the molecule is CC(C)COc1ccc(C2=C(N3CCCC(C)C3)C(=O)N(c3ccc(Cl)cc3)C2=O)cc1. The van der Waals surface area contributed by atoms with Gasteiger partial charge >= 0.3 is 0 Å². The molecular weight excluding hydrogens is 424 g/mol. The van der Waals surface area contributed by atoms with E-state index >= 15 is 0 Å². The molecule has 2 amide bonds. The van der Waals surface area contributed by atoms with Gasteiger partial charge in [0, 0.05) is 18.1 Å². The molecule has 2 heterocycles. The van der Waals surface area contributed by atoms with Gasteiger partial charge in [-0.1, -0.05) is 44.5 Å². The molecule has 0 N–H and O–H groups in total. The maximum absolute atomic E-state index is 13.6. The fourth-order valence-corrected chi connectivity index (χ4v) is 4.40. The van der Waals surface area contributed by atoms with Crippen molar-refractivity contribution < 1.29 is 14.3 Å². The van der Waals surface area contributed by atoms with E-state index in [1.807, 2.05) is 24.3 Å². The van der Waals surface area contributed by atoms with Crippen LogP contribution < -0.4 is 9.64 Å². The molecule has 2 aliphatic rings. The number of hydrogen-bond acceptors (Lipinski definition) is 4. The molecule has 5 nitrogen and oxygen atoms in total. The van der Waals surface area contributed by atoms with Crippen LogP contribution in [0.25, 0.3) is 5.57 Å². The first kappa shape index (κ1) is 22.4. The first-order valence-corrected chi connectivity index (χ1v) is 11.6. The van der Waals surface area contributed by atoms with Gasteiger partial charge in [0.1, 0.15) is 11.4 Å². The van der Waals surface area contributed by atoms with Crippen LogP contribution in [0.1, 0.15) is 39.2 Å². The van der Waals surface area contributed by atoms with Gasteiger partial charge in [0.15, 0.2) is 0 Å². The average molecular weight is 453 g/mol. The molecule has 0 saturated carbocycles. The molecule has 0 bridgehead atoms. The van der Waals surface area contributed by atoms with E-state index in [9.17, 15) is 9.59 Å². The highest BCUT2D eigenvalue weighted by molar-refractivity contribution is 6.45. The lowest BCUT2D eigenvalue weighted by atomic mass is 9.97. The third-order valence-corrected chi connectivity index (χ3v) is 6.10. The molecule has 0 aliphatic carbocycles. The minimum absolute atomic E-state index is 0.276. The number of likely N-dealkylation sites (tertiary alicyclic amines) is 1. The number of ether oxygens (including phenoxy) is 1. The average Bonchev–Trinajstić information content (AvgIpc) is 3.03. The van der Waals surface area contributed by atoms with Crippen molar-refractivity contribution >= 4 is 34.7 Å². The van der Waals surface area contributed by atoms with Crippen LogP contribution in [0.15, 0.2) is 54.2 Å². The lowest BCUT2D eigenvalue weighted by molar-refractivity contribution is -0.120. The van der Waals surface area contributed by atoms with Crippen molar-refractivity contribution in [1.29, 1.82) is 0 Å². The summed E-state index contributed by atoms with van der Waals surface area (Å²) in [4.78, 5) is 30.5. The molecule has 32 heavy (non-hydrogen) atoms. The molecule has 1 saturated heterocycles. The topological polar surface area (TPSA) is 49.9 Å². The summed E-state index contributed by atoms with van der Waals surface area (Å²) in [7, 11) is 0. The smallest absolute Gasteiger partial charge is 0.282 e. The van der Waals surface area contributed by atoms with Gasteiger partial charge < -0.3 is 9.64 Å². The fourth-order valence-electron chi connectivity index (χ4n) is 4.27. The van der Waals surface area contributed by atoms with Gasteiger partial charge in [0.25, 0.3) is 11.8 Å². The summed E-state index contributed by atoms with van der Waals surface area (Å²) >= 11 is 6.02. The number of carbonyl (C=O) groups excluding carboxylic acids is 2. The summed E-state index contributed by atoms with van der Waals surface area (Å²) in [6, 6.07) is 14.3. The zero-order chi connectivity index (χ0) is 22.8. The van der Waals surface area contributed by atoms with E-state index in [2.05, 4.69) is 25.7 Å². The molecule has 168 valence electrons. The molecular formula is C26H29ClN2O3. The van der Waals surface area contributed by atoms with E-state index < -0.39 is 0 Å². The first-order valence-electron chi connectivity index (χ1n) is 11.2. The summed E-state index contributed by atoms with van der Waals surface area (Å²) in [5.74, 6) is 1.06. The minimum atomic E-state index is -0.304. The van der Waals surface area contributed by atoms with E-state index in [1.54, 1.807) is 24.3 Å². The number of carbonyl (C=O) groups is 2. The Morgan fingerprint density at radius 2 is 1.72 bits per heavy atom. The Balaban J connectivity index is 1.73. The van der Waals surface area contributed by atoms with Crippen LogP contribution in [0.3, 0.4) is 0 Å². The monoisotopic (exact) mass is 452 g/mol. The summed E-state index contributed by atoms with van der Waals surface area (Å²) in [6.45, 7) is 8.54. The number of anilines is 1. The van der Waals surface area contributed by atoms with Gasteiger partial charge in [0.05, 0.1) is 17.9 Å². The fraction of sp³-hybridized carbons (Fsp3) is 0.385. The van der Waals surface area contributed by atoms with Gasteiger partial charge in [-0.05, 0) is 66.6 Å². The predicted octanol–water partition coefficient (Wildman–Crippen LogP) is 5.39. The van der Waals surface area contributed by atoms with E-state index in [1.165, 1.54) is 4.90 Å². The summed E-state index contributed by atoms with van der Waals surface area (Å²) in [5, 5.41) is 0.558. The quantitative estimate of drug-likeness (QED) is 0.551. The molecule has 6 heteroatoms. The molecule has 0 aromatic heterocycles. The van der Waals surface area contributed by atoms with Crippen molar-refractivity contribution in [2.75, 3.05) is 24.6 Å². The van der Waals surface area contributed by atoms with E-state index in [4.69, 9.17) is 16.3 Å². The Kier molecular flexibility index (Phi) is 6.56. The molecule has 2 aliphatic heterocycles. The highest BCUT2D eigenvalue weighted by atomic mass is 35.5. The molecule has 1 atom stereocenters. The summed E-state index contributed by atoms with van der Waals surface area (Å²) in [5.41, 5.74) is 2.20. The van der Waals surface area contributed by atoms with Crippen LogP contribution in [-0.4, -0.2) is 36.4 Å². The van der Waals surface area contributed by atoms with Crippen molar-refractivity contribution in [3.05, 3.63) is 64.8 Å². The van der Waals surface area contributed by atoms with Crippen molar-refractivity contribution in [2.45, 2.75) is 33.6 Å². The largest absolute Gasteiger partial charge is 0.493 e. The van der Waals surface area contributed by atoms with Gasteiger partial charge in [-0.2, -0.15) is 0 Å². The van der Waals surface area contributed by atoms with Gasteiger partial charge in [-0.15, -0.1) is 0 Å². The van der Waals surface area contributed by atoms with Crippen LogP contribution in [0, 0.1) is 11.8 Å². The van der Waals surface area contributed by atoms with Crippen LogP contribution >= 0.6 is 11.6 Å². The Bertz CT molecular complexity index is 1030. The molecule has 0 spiro atoms. The third-order valence-electron chi connectivity index (χ3n) is 5.84. The van der Waals surface area contributed by atoms with Gasteiger partial charge in [-0.3, -0.25) is 9.59 Å². The second kappa shape index (κ2) is 9.37. The summed E-state index contributed by atoms with van der Waals surface area (Å²) < 4.78 is 5.79. The number of rotatable bonds is 6. The lowest BCUT2D eigenvalue weighted by Gasteiger charge is -2.33. The molecule has 0 radical (unpaired) electrons. The summed E-state index contributed by atoms with van der Waals surface area (Å²) in [6.07, 6.45) is 2.13. The second-order valence-corrected chi connectivity index (χ2v) is 9.50. The van der Waals surface area contributed by atoms with Crippen LogP contribution in [0.2, 0.25) is 5.02 Å². The Labute approximate surface area is 194 Å². The maximum atomic E-state index is 13.6. The predicted molar refractivity (Wildman–Crippen MR) is 128 cm³/mol. The zero-order valence-corrected chi connectivity index (χ0v) is 19.6. The van der Waals surface area contributed by atoms with E-state index in [0.29, 0.717) is 40.4 Å². The first-order chi connectivity index (χ1) is 15.3. The standard InChI is InChI=1S/C26H29ClN2O3/c1-17(2)16-32-22-12-6-19(7-13-22)23-24(28-14-4-5-18(3)15-28)26(31)29(25(23)30)21-10-8-20(27)9-11-21/h6-13,17-18H,4-5,14-16H2,1-3H3. The normalized spacial score (nSPS) is 19.3. The number of piperidine rings is 1. The number of benzene rings is 2. The lowest BCUT2D eigenvalue weighted by Crippen LogP contribution is -2.39. The molecule has 1 unspecified atom stereocenters.